The number of rotatable bonds is 3. The fourth-order valence-corrected chi connectivity index (χ4v) is 3.15. The van der Waals surface area contributed by atoms with E-state index in [1.54, 1.807) is 0 Å². The minimum atomic E-state index is -4.41. The number of benzene rings is 1. The van der Waals surface area contributed by atoms with Crippen LogP contribution in [-0.4, -0.2) is 39.6 Å². The van der Waals surface area contributed by atoms with E-state index >= 15 is 0 Å². The number of aliphatic carboxylic acids is 1. The van der Waals surface area contributed by atoms with Gasteiger partial charge in [-0.3, -0.25) is 4.79 Å². The van der Waals surface area contributed by atoms with Crippen LogP contribution in [0.2, 0.25) is 0 Å². The Labute approximate surface area is 122 Å². The number of alkyl halides is 3. The fraction of sp³-hybridized carbons (Fsp3) is 0.385. The van der Waals surface area contributed by atoms with Gasteiger partial charge in [0.05, 0.1) is 17.9 Å². The number of carboxylic acid groups (broad SMARTS) is 1. The lowest BCUT2D eigenvalue weighted by Crippen LogP contribution is -2.42. The quantitative estimate of drug-likeness (QED) is 0.928. The molecule has 4 nitrogen and oxygen atoms in total. The monoisotopic (exact) mass is 319 g/mol. The number of carbonyl (C=O) groups is 2. The first-order valence-corrected chi connectivity index (χ1v) is 7.20. The summed E-state index contributed by atoms with van der Waals surface area (Å²) in [5, 5.41) is 8.99. The van der Waals surface area contributed by atoms with Crippen molar-refractivity contribution in [2.24, 2.45) is 0 Å². The van der Waals surface area contributed by atoms with Crippen molar-refractivity contribution in [2.45, 2.75) is 18.6 Å². The topological polar surface area (TPSA) is 57.6 Å². The Kier molecular flexibility index (Phi) is 4.46. The van der Waals surface area contributed by atoms with E-state index in [1.165, 1.54) is 28.8 Å². The molecule has 1 fully saturated rings. The molecule has 0 aliphatic carbocycles. The Balaban J connectivity index is 2.04. The van der Waals surface area contributed by atoms with Gasteiger partial charge in [0.25, 0.3) is 0 Å². The third-order valence-electron chi connectivity index (χ3n) is 3.12. The molecular formula is C13H12F3NO3S. The molecule has 1 aromatic carbocycles. The highest BCUT2D eigenvalue weighted by atomic mass is 32.2. The molecule has 1 heterocycles. The van der Waals surface area contributed by atoms with E-state index in [0.29, 0.717) is 11.3 Å². The van der Waals surface area contributed by atoms with Gasteiger partial charge in [0.1, 0.15) is 6.04 Å². The van der Waals surface area contributed by atoms with Gasteiger partial charge in [-0.1, -0.05) is 12.1 Å². The molecule has 1 amide bonds. The standard InChI is InChI=1S/C13H12F3NO3S/c14-13(15,16)9-3-1-8(2-4-9)5-11(18)17-7-21-6-10(17)12(19)20/h1-4,10H,5-7H2,(H,19,20)/t10-/m0/s1. The van der Waals surface area contributed by atoms with Crippen LogP contribution in [0.4, 0.5) is 13.2 Å². The van der Waals surface area contributed by atoms with Crippen molar-refractivity contribution in [3.63, 3.8) is 0 Å². The number of amides is 1. The predicted octanol–water partition coefficient (Wildman–Crippen LogP) is 2.23. The highest BCUT2D eigenvalue weighted by Crippen LogP contribution is 2.29. The van der Waals surface area contributed by atoms with Crippen molar-refractivity contribution in [2.75, 3.05) is 11.6 Å². The molecule has 0 saturated carbocycles. The molecule has 0 bridgehead atoms. The zero-order valence-electron chi connectivity index (χ0n) is 10.8. The predicted molar refractivity (Wildman–Crippen MR) is 70.7 cm³/mol. The van der Waals surface area contributed by atoms with Crippen LogP contribution in [0.25, 0.3) is 0 Å². The molecule has 1 saturated heterocycles. The maximum absolute atomic E-state index is 12.4. The summed E-state index contributed by atoms with van der Waals surface area (Å²) in [5.74, 6) is -0.849. The first kappa shape index (κ1) is 15.7. The van der Waals surface area contributed by atoms with Crippen LogP contribution >= 0.6 is 11.8 Å². The van der Waals surface area contributed by atoms with Gasteiger partial charge in [0.2, 0.25) is 5.91 Å². The molecule has 21 heavy (non-hydrogen) atoms. The number of halogens is 3. The maximum atomic E-state index is 12.4. The van der Waals surface area contributed by atoms with Crippen LogP contribution in [0.3, 0.4) is 0 Å². The summed E-state index contributed by atoms with van der Waals surface area (Å²) < 4.78 is 37.3. The number of nitrogens with zero attached hydrogens (tertiary/aromatic N) is 1. The van der Waals surface area contributed by atoms with Crippen LogP contribution < -0.4 is 0 Å². The third-order valence-corrected chi connectivity index (χ3v) is 4.14. The maximum Gasteiger partial charge on any atom is 0.416 e. The lowest BCUT2D eigenvalue weighted by molar-refractivity contribution is -0.147. The van der Waals surface area contributed by atoms with Crippen LogP contribution in [0, 0.1) is 0 Å². The molecule has 114 valence electrons. The van der Waals surface area contributed by atoms with Gasteiger partial charge in [-0.05, 0) is 17.7 Å². The number of hydrogen-bond acceptors (Lipinski definition) is 3. The normalized spacial score (nSPS) is 18.8. The van der Waals surface area contributed by atoms with E-state index in [0.717, 1.165) is 12.1 Å². The Bertz CT molecular complexity index is 545. The van der Waals surface area contributed by atoms with Gasteiger partial charge in [-0.25, -0.2) is 4.79 Å². The minimum absolute atomic E-state index is 0.109. The summed E-state index contributed by atoms with van der Waals surface area (Å²) in [6.45, 7) is 0. The largest absolute Gasteiger partial charge is 0.480 e. The number of hydrogen-bond donors (Lipinski definition) is 1. The van der Waals surface area contributed by atoms with E-state index in [9.17, 15) is 22.8 Å². The van der Waals surface area contributed by atoms with E-state index in [-0.39, 0.29) is 12.3 Å². The molecule has 1 N–H and O–H groups in total. The molecule has 1 aliphatic heterocycles. The van der Waals surface area contributed by atoms with Crippen molar-refractivity contribution >= 4 is 23.6 Å². The second kappa shape index (κ2) is 5.97. The van der Waals surface area contributed by atoms with Crippen molar-refractivity contribution < 1.29 is 27.9 Å². The zero-order valence-corrected chi connectivity index (χ0v) is 11.6. The summed E-state index contributed by atoms with van der Waals surface area (Å²) in [7, 11) is 0. The molecule has 0 radical (unpaired) electrons. The van der Waals surface area contributed by atoms with Crippen molar-refractivity contribution in [3.05, 3.63) is 35.4 Å². The summed E-state index contributed by atoms with van der Waals surface area (Å²) in [6.07, 6.45) is -4.52. The molecule has 8 heteroatoms. The van der Waals surface area contributed by atoms with E-state index in [2.05, 4.69) is 0 Å². The Hall–Kier alpha value is -1.70. The van der Waals surface area contributed by atoms with E-state index in [4.69, 9.17) is 5.11 Å². The second-order valence-corrected chi connectivity index (χ2v) is 5.59. The van der Waals surface area contributed by atoms with Crippen LogP contribution in [-0.2, 0) is 22.2 Å². The zero-order chi connectivity index (χ0) is 15.6. The molecule has 1 atom stereocenters. The Morgan fingerprint density at radius 2 is 1.90 bits per heavy atom. The van der Waals surface area contributed by atoms with Crippen LogP contribution in [0.1, 0.15) is 11.1 Å². The van der Waals surface area contributed by atoms with Gasteiger partial charge in [-0.2, -0.15) is 13.2 Å². The molecule has 0 unspecified atom stereocenters. The first-order chi connectivity index (χ1) is 9.79. The average molecular weight is 319 g/mol. The summed E-state index contributed by atoms with van der Waals surface area (Å²) >= 11 is 1.34. The average Bonchev–Trinajstić information content (AvgIpc) is 2.87. The van der Waals surface area contributed by atoms with Crippen molar-refractivity contribution in [1.82, 2.24) is 4.90 Å². The fourth-order valence-electron chi connectivity index (χ4n) is 1.98. The number of thioether (sulfide) groups is 1. The van der Waals surface area contributed by atoms with Crippen LogP contribution in [0.15, 0.2) is 24.3 Å². The van der Waals surface area contributed by atoms with Gasteiger partial charge >= 0.3 is 12.1 Å². The smallest absolute Gasteiger partial charge is 0.416 e. The third kappa shape index (κ3) is 3.69. The molecule has 1 aromatic rings. The van der Waals surface area contributed by atoms with E-state index in [1.807, 2.05) is 0 Å². The molecular weight excluding hydrogens is 307 g/mol. The Morgan fingerprint density at radius 3 is 2.43 bits per heavy atom. The summed E-state index contributed by atoms with van der Waals surface area (Å²) in [5.41, 5.74) is -0.354. The first-order valence-electron chi connectivity index (χ1n) is 6.05. The molecule has 0 aromatic heterocycles. The lowest BCUT2D eigenvalue weighted by Gasteiger charge is -2.20. The minimum Gasteiger partial charge on any atom is -0.480 e. The lowest BCUT2D eigenvalue weighted by atomic mass is 10.1. The van der Waals surface area contributed by atoms with E-state index < -0.39 is 29.7 Å². The Morgan fingerprint density at radius 1 is 1.29 bits per heavy atom. The highest BCUT2D eigenvalue weighted by molar-refractivity contribution is 7.99. The molecule has 0 spiro atoms. The SMILES string of the molecule is O=C(O)[C@@H]1CSCN1C(=O)Cc1ccc(C(F)(F)F)cc1. The summed E-state index contributed by atoms with van der Waals surface area (Å²) in [4.78, 5) is 24.3. The number of carboxylic acids is 1. The van der Waals surface area contributed by atoms with Crippen LogP contribution in [0.5, 0.6) is 0 Å². The second-order valence-electron chi connectivity index (χ2n) is 4.59. The molecule has 1 aliphatic rings. The van der Waals surface area contributed by atoms with Gasteiger partial charge in [0.15, 0.2) is 0 Å². The van der Waals surface area contributed by atoms with Crippen molar-refractivity contribution in [3.8, 4) is 0 Å². The van der Waals surface area contributed by atoms with Crippen molar-refractivity contribution in [1.29, 1.82) is 0 Å². The van der Waals surface area contributed by atoms with Gasteiger partial charge in [0, 0.05) is 5.75 Å². The summed E-state index contributed by atoms with van der Waals surface area (Å²) in [6, 6.07) is 3.43. The molecule has 2 rings (SSSR count). The number of carbonyl (C=O) groups excluding carboxylic acids is 1. The highest BCUT2D eigenvalue weighted by Gasteiger charge is 2.34. The van der Waals surface area contributed by atoms with Gasteiger partial charge < -0.3 is 10.0 Å². The van der Waals surface area contributed by atoms with Gasteiger partial charge in [-0.15, -0.1) is 11.8 Å².